The van der Waals surface area contributed by atoms with Crippen LogP contribution in [0.15, 0.2) is 55.1 Å². The summed E-state index contributed by atoms with van der Waals surface area (Å²) in [6.07, 6.45) is 6.98. The topological polar surface area (TPSA) is 69.4 Å². The molecule has 0 radical (unpaired) electrons. The van der Waals surface area contributed by atoms with Crippen LogP contribution < -0.4 is 0 Å². The SMILES string of the molecule is Cc1nc(-c2cccnc2)sc1-c1cccc(-n2ccnn2)n1. The number of hydrogen-bond acceptors (Lipinski definition) is 6. The Morgan fingerprint density at radius 3 is 2.78 bits per heavy atom. The lowest BCUT2D eigenvalue weighted by Gasteiger charge is -2.02. The number of rotatable bonds is 3. The second kappa shape index (κ2) is 5.69. The number of nitrogens with zero attached hydrogens (tertiary/aromatic N) is 6. The first kappa shape index (κ1) is 13.7. The van der Waals surface area contributed by atoms with Gasteiger partial charge in [-0.2, -0.15) is 0 Å². The van der Waals surface area contributed by atoms with Crippen molar-refractivity contribution in [2.45, 2.75) is 6.92 Å². The Kier molecular flexibility index (Phi) is 3.39. The van der Waals surface area contributed by atoms with Crippen LogP contribution >= 0.6 is 11.3 Å². The van der Waals surface area contributed by atoms with Gasteiger partial charge in [-0.05, 0) is 31.2 Å². The van der Waals surface area contributed by atoms with Gasteiger partial charge >= 0.3 is 0 Å². The quantitative estimate of drug-likeness (QED) is 0.580. The van der Waals surface area contributed by atoms with Crippen LogP contribution in [-0.4, -0.2) is 29.9 Å². The molecule has 0 aliphatic rings. The summed E-state index contributed by atoms with van der Waals surface area (Å²) < 4.78 is 1.64. The van der Waals surface area contributed by atoms with E-state index in [1.165, 1.54) is 0 Å². The summed E-state index contributed by atoms with van der Waals surface area (Å²) in [5.74, 6) is 0.732. The highest BCUT2D eigenvalue weighted by Crippen LogP contribution is 2.34. The molecule has 0 atom stereocenters. The second-order valence-electron chi connectivity index (χ2n) is 4.90. The van der Waals surface area contributed by atoms with Gasteiger partial charge in [0.05, 0.1) is 28.7 Å². The van der Waals surface area contributed by atoms with Crippen molar-refractivity contribution in [3.63, 3.8) is 0 Å². The van der Waals surface area contributed by atoms with Crippen LogP contribution in [0.3, 0.4) is 0 Å². The van der Waals surface area contributed by atoms with Gasteiger partial charge in [0.15, 0.2) is 5.82 Å². The van der Waals surface area contributed by atoms with E-state index in [4.69, 9.17) is 0 Å². The van der Waals surface area contributed by atoms with E-state index in [2.05, 4.69) is 25.3 Å². The largest absolute Gasteiger partial charge is 0.264 e. The summed E-state index contributed by atoms with van der Waals surface area (Å²) in [5, 5.41) is 8.74. The summed E-state index contributed by atoms with van der Waals surface area (Å²) in [4.78, 5) is 14.5. The molecule has 0 aromatic carbocycles. The van der Waals surface area contributed by atoms with Crippen LogP contribution in [0.25, 0.3) is 27.0 Å². The standard InChI is InChI=1S/C16H12N6S/c1-11-15(23-16(19-11)12-4-3-7-17-10-12)13-5-2-6-14(20-13)22-9-8-18-21-22/h2-10H,1H3. The monoisotopic (exact) mass is 320 g/mol. The summed E-state index contributed by atoms with van der Waals surface area (Å²) in [5.41, 5.74) is 2.85. The normalized spacial score (nSPS) is 10.8. The summed E-state index contributed by atoms with van der Waals surface area (Å²) in [7, 11) is 0. The van der Waals surface area contributed by atoms with E-state index in [1.807, 2.05) is 43.5 Å². The van der Waals surface area contributed by atoms with Crippen molar-refractivity contribution in [3.8, 4) is 27.0 Å². The fraction of sp³-hybridized carbons (Fsp3) is 0.0625. The third kappa shape index (κ3) is 2.62. The number of aryl methyl sites for hydroxylation is 1. The zero-order valence-electron chi connectivity index (χ0n) is 12.3. The maximum Gasteiger partial charge on any atom is 0.155 e. The van der Waals surface area contributed by atoms with Gasteiger partial charge in [0.1, 0.15) is 5.01 Å². The molecule has 7 heteroatoms. The van der Waals surface area contributed by atoms with Gasteiger partial charge in [-0.1, -0.05) is 11.3 Å². The summed E-state index contributed by atoms with van der Waals surface area (Å²) in [6.45, 7) is 2.00. The zero-order chi connectivity index (χ0) is 15.6. The molecule has 0 spiro atoms. The van der Waals surface area contributed by atoms with Crippen LogP contribution in [0.4, 0.5) is 0 Å². The smallest absolute Gasteiger partial charge is 0.155 e. The van der Waals surface area contributed by atoms with Gasteiger partial charge in [-0.15, -0.1) is 16.4 Å². The third-order valence-electron chi connectivity index (χ3n) is 3.33. The minimum Gasteiger partial charge on any atom is -0.264 e. The molecule has 0 fully saturated rings. The molecule has 4 rings (SSSR count). The molecular formula is C16H12N6S. The second-order valence-corrected chi connectivity index (χ2v) is 5.90. The van der Waals surface area contributed by atoms with Crippen molar-refractivity contribution in [1.29, 1.82) is 0 Å². The fourth-order valence-electron chi connectivity index (χ4n) is 2.25. The molecule has 0 saturated heterocycles. The molecule has 4 aromatic rings. The van der Waals surface area contributed by atoms with Gasteiger partial charge in [-0.25, -0.2) is 14.6 Å². The molecule has 4 aromatic heterocycles. The van der Waals surface area contributed by atoms with E-state index in [1.54, 1.807) is 34.6 Å². The zero-order valence-corrected chi connectivity index (χ0v) is 13.1. The van der Waals surface area contributed by atoms with Crippen LogP contribution in [0.2, 0.25) is 0 Å². The highest BCUT2D eigenvalue weighted by atomic mass is 32.1. The Balaban J connectivity index is 1.77. The number of hydrogen-bond donors (Lipinski definition) is 0. The van der Waals surface area contributed by atoms with Crippen molar-refractivity contribution in [2.24, 2.45) is 0 Å². The molecule has 0 amide bonds. The highest BCUT2D eigenvalue weighted by molar-refractivity contribution is 7.18. The van der Waals surface area contributed by atoms with Crippen LogP contribution in [0.1, 0.15) is 5.69 Å². The third-order valence-corrected chi connectivity index (χ3v) is 4.56. The van der Waals surface area contributed by atoms with E-state index in [9.17, 15) is 0 Å². The average molecular weight is 320 g/mol. The van der Waals surface area contributed by atoms with E-state index in [0.717, 1.165) is 32.7 Å². The van der Waals surface area contributed by atoms with Crippen LogP contribution in [0.5, 0.6) is 0 Å². The van der Waals surface area contributed by atoms with E-state index in [-0.39, 0.29) is 0 Å². The molecule has 0 N–H and O–H groups in total. The highest BCUT2D eigenvalue weighted by Gasteiger charge is 2.13. The Morgan fingerprint density at radius 2 is 2.00 bits per heavy atom. The molecule has 23 heavy (non-hydrogen) atoms. The minimum absolute atomic E-state index is 0.732. The lowest BCUT2D eigenvalue weighted by atomic mass is 10.2. The number of pyridine rings is 2. The Labute approximate surface area is 136 Å². The van der Waals surface area contributed by atoms with E-state index >= 15 is 0 Å². The lowest BCUT2D eigenvalue weighted by Crippen LogP contribution is -1.99. The lowest BCUT2D eigenvalue weighted by molar-refractivity contribution is 0.782. The molecule has 112 valence electrons. The van der Waals surface area contributed by atoms with Crippen LogP contribution in [0, 0.1) is 6.92 Å². The van der Waals surface area contributed by atoms with Gasteiger partial charge in [-0.3, -0.25) is 4.98 Å². The average Bonchev–Trinajstić information content (AvgIpc) is 3.25. The Morgan fingerprint density at radius 1 is 1.04 bits per heavy atom. The molecular weight excluding hydrogens is 308 g/mol. The van der Waals surface area contributed by atoms with Crippen molar-refractivity contribution in [3.05, 3.63) is 60.8 Å². The maximum absolute atomic E-state index is 4.67. The van der Waals surface area contributed by atoms with Gasteiger partial charge in [0.25, 0.3) is 0 Å². The first-order chi connectivity index (χ1) is 11.3. The summed E-state index contributed by atoms with van der Waals surface area (Å²) >= 11 is 1.61. The van der Waals surface area contributed by atoms with E-state index in [0.29, 0.717) is 0 Å². The van der Waals surface area contributed by atoms with Crippen molar-refractivity contribution in [1.82, 2.24) is 29.9 Å². The molecule has 0 aliphatic heterocycles. The summed E-state index contributed by atoms with van der Waals surface area (Å²) in [6, 6.07) is 9.76. The number of aromatic nitrogens is 6. The predicted molar refractivity (Wildman–Crippen MR) is 88.2 cm³/mol. The molecule has 0 unspecified atom stereocenters. The first-order valence-corrected chi connectivity index (χ1v) is 7.85. The van der Waals surface area contributed by atoms with Crippen molar-refractivity contribution < 1.29 is 0 Å². The van der Waals surface area contributed by atoms with Gasteiger partial charge < -0.3 is 0 Å². The Hall–Kier alpha value is -2.93. The molecule has 4 heterocycles. The van der Waals surface area contributed by atoms with Crippen molar-refractivity contribution in [2.75, 3.05) is 0 Å². The van der Waals surface area contributed by atoms with Crippen LogP contribution in [-0.2, 0) is 0 Å². The molecule has 6 nitrogen and oxygen atoms in total. The maximum atomic E-state index is 4.67. The molecule has 0 bridgehead atoms. The molecule has 0 aliphatic carbocycles. The minimum atomic E-state index is 0.732. The predicted octanol–water partition coefficient (Wildman–Crippen LogP) is 3.16. The van der Waals surface area contributed by atoms with Gasteiger partial charge in [0.2, 0.25) is 0 Å². The number of thiazole rings is 1. The van der Waals surface area contributed by atoms with Gasteiger partial charge in [0, 0.05) is 18.0 Å². The molecule has 0 saturated carbocycles. The fourth-order valence-corrected chi connectivity index (χ4v) is 3.28. The Bertz CT molecular complexity index is 930. The van der Waals surface area contributed by atoms with E-state index < -0.39 is 0 Å². The van der Waals surface area contributed by atoms with Crippen molar-refractivity contribution >= 4 is 11.3 Å². The first-order valence-electron chi connectivity index (χ1n) is 7.03.